The van der Waals surface area contributed by atoms with E-state index in [2.05, 4.69) is 39.9 Å². The van der Waals surface area contributed by atoms with E-state index in [4.69, 9.17) is 4.74 Å². The molecule has 2 amide bonds. The van der Waals surface area contributed by atoms with Gasteiger partial charge in [-0.3, -0.25) is 9.59 Å². The van der Waals surface area contributed by atoms with Crippen molar-refractivity contribution < 1.29 is 24.2 Å². The van der Waals surface area contributed by atoms with Crippen molar-refractivity contribution in [2.24, 2.45) is 5.41 Å². The molecular weight excluding hydrogens is 466 g/mol. The van der Waals surface area contributed by atoms with Crippen LogP contribution in [0.5, 0.6) is 0 Å². The number of carboxylic acids is 1. The van der Waals surface area contributed by atoms with Gasteiger partial charge in [0.15, 0.2) is 0 Å². The summed E-state index contributed by atoms with van der Waals surface area (Å²) in [4.78, 5) is 40.1. The summed E-state index contributed by atoms with van der Waals surface area (Å²) in [5.41, 5.74) is 4.44. The fourth-order valence-electron chi connectivity index (χ4n) is 4.42. The molecule has 180 valence electrons. The summed E-state index contributed by atoms with van der Waals surface area (Å²) >= 11 is 1.34. The van der Waals surface area contributed by atoms with Gasteiger partial charge < -0.3 is 20.5 Å². The first-order valence-electron chi connectivity index (χ1n) is 11.5. The molecular formula is C26H25N3O5S. The van der Waals surface area contributed by atoms with E-state index in [1.807, 2.05) is 24.3 Å². The lowest BCUT2D eigenvalue weighted by Gasteiger charge is -2.14. The van der Waals surface area contributed by atoms with Gasteiger partial charge >= 0.3 is 12.1 Å². The van der Waals surface area contributed by atoms with Crippen LogP contribution in [0.3, 0.4) is 0 Å². The number of rotatable bonds is 9. The Morgan fingerprint density at radius 3 is 2.31 bits per heavy atom. The highest BCUT2D eigenvalue weighted by atomic mass is 32.1. The molecule has 0 atom stereocenters. The van der Waals surface area contributed by atoms with E-state index in [0.717, 1.165) is 11.1 Å². The van der Waals surface area contributed by atoms with Gasteiger partial charge in [-0.1, -0.05) is 48.5 Å². The van der Waals surface area contributed by atoms with Crippen LogP contribution in [0, 0.1) is 5.41 Å². The van der Waals surface area contributed by atoms with E-state index < -0.39 is 17.5 Å². The molecule has 0 unspecified atom stereocenters. The molecule has 8 nitrogen and oxygen atoms in total. The van der Waals surface area contributed by atoms with E-state index in [0.29, 0.717) is 23.5 Å². The standard InChI is InChI=1S/C26H25N3O5S/c30-22(28-15-26(9-10-26)24(31)32)11-16-14-35-23(29-16)12-27-25(33)34-13-21-19-7-3-1-5-17(19)18-6-2-4-8-20(18)21/h1-8,14,21H,9-13,15H2,(H,27,33)(H,28,30)(H,31,32). The summed E-state index contributed by atoms with van der Waals surface area (Å²) in [6, 6.07) is 16.3. The Morgan fingerprint density at radius 2 is 1.69 bits per heavy atom. The zero-order chi connectivity index (χ0) is 24.4. The van der Waals surface area contributed by atoms with Crippen LogP contribution in [0.15, 0.2) is 53.9 Å². The Morgan fingerprint density at radius 1 is 1.03 bits per heavy atom. The summed E-state index contributed by atoms with van der Waals surface area (Å²) < 4.78 is 5.54. The topological polar surface area (TPSA) is 118 Å². The van der Waals surface area contributed by atoms with Crippen molar-refractivity contribution in [3.8, 4) is 11.1 Å². The molecule has 0 spiro atoms. The van der Waals surface area contributed by atoms with Crippen LogP contribution in [0.25, 0.3) is 11.1 Å². The first-order chi connectivity index (χ1) is 16.9. The second kappa shape index (κ2) is 9.50. The lowest BCUT2D eigenvalue weighted by Crippen LogP contribution is -2.35. The number of aliphatic carboxylic acids is 1. The quantitative estimate of drug-likeness (QED) is 0.420. The fraction of sp³-hybridized carbons (Fsp3) is 0.308. The van der Waals surface area contributed by atoms with E-state index in [-0.39, 0.29) is 37.9 Å². The number of nitrogens with zero attached hydrogens (tertiary/aromatic N) is 1. The number of hydrogen-bond acceptors (Lipinski definition) is 6. The third kappa shape index (κ3) is 4.90. The largest absolute Gasteiger partial charge is 0.481 e. The molecule has 1 saturated carbocycles. The van der Waals surface area contributed by atoms with Crippen molar-refractivity contribution in [3.05, 3.63) is 75.7 Å². The number of carbonyl (C=O) groups is 3. The molecule has 2 aromatic carbocycles. The van der Waals surface area contributed by atoms with Crippen molar-refractivity contribution in [1.82, 2.24) is 15.6 Å². The highest BCUT2D eigenvalue weighted by Crippen LogP contribution is 2.45. The lowest BCUT2D eigenvalue weighted by molar-refractivity contribution is -0.143. The summed E-state index contributed by atoms with van der Waals surface area (Å²) in [6.45, 7) is 0.577. The summed E-state index contributed by atoms with van der Waals surface area (Å²) in [6.07, 6.45) is 0.720. The van der Waals surface area contributed by atoms with Crippen LogP contribution >= 0.6 is 11.3 Å². The highest BCUT2D eigenvalue weighted by Gasteiger charge is 2.50. The van der Waals surface area contributed by atoms with Crippen LogP contribution < -0.4 is 10.6 Å². The molecule has 0 aliphatic heterocycles. The lowest BCUT2D eigenvalue weighted by atomic mass is 9.98. The van der Waals surface area contributed by atoms with E-state index >= 15 is 0 Å². The summed E-state index contributed by atoms with van der Waals surface area (Å²) in [5.74, 6) is -1.14. The molecule has 3 aromatic rings. The van der Waals surface area contributed by atoms with Crippen LogP contribution in [0.4, 0.5) is 4.79 Å². The molecule has 1 heterocycles. The zero-order valence-corrected chi connectivity index (χ0v) is 19.8. The van der Waals surface area contributed by atoms with Crippen LogP contribution in [0.2, 0.25) is 0 Å². The Hall–Kier alpha value is -3.72. The monoisotopic (exact) mass is 491 g/mol. The average Bonchev–Trinajstić information content (AvgIpc) is 3.43. The van der Waals surface area contributed by atoms with E-state index in [9.17, 15) is 19.5 Å². The van der Waals surface area contributed by atoms with Gasteiger partial charge in [0.25, 0.3) is 0 Å². The molecule has 0 saturated heterocycles. The molecule has 9 heteroatoms. The SMILES string of the molecule is O=C(Cc1csc(CNC(=O)OCC2c3ccccc3-c3ccccc32)n1)NCC1(C(=O)O)CC1. The minimum atomic E-state index is -0.868. The summed E-state index contributed by atoms with van der Waals surface area (Å²) in [5, 5.41) is 17.0. The van der Waals surface area contributed by atoms with Crippen LogP contribution in [0.1, 0.15) is 40.6 Å². The van der Waals surface area contributed by atoms with Crippen LogP contribution in [-0.4, -0.2) is 41.2 Å². The maximum Gasteiger partial charge on any atom is 0.407 e. The molecule has 2 aliphatic rings. The molecule has 35 heavy (non-hydrogen) atoms. The number of thiazole rings is 1. The van der Waals surface area contributed by atoms with Crippen molar-refractivity contribution in [2.75, 3.05) is 13.2 Å². The zero-order valence-electron chi connectivity index (χ0n) is 19.0. The number of fused-ring (bicyclic) bond motifs is 3. The molecule has 1 fully saturated rings. The third-order valence-corrected chi connectivity index (χ3v) is 7.50. The minimum absolute atomic E-state index is 0.00553. The number of hydrogen-bond donors (Lipinski definition) is 3. The number of nitrogens with one attached hydrogen (secondary N) is 2. The molecule has 0 radical (unpaired) electrons. The number of aromatic nitrogens is 1. The Labute approximate surface area is 206 Å². The maximum absolute atomic E-state index is 12.4. The van der Waals surface area contributed by atoms with Gasteiger partial charge in [-0.2, -0.15) is 0 Å². The molecule has 3 N–H and O–H groups in total. The number of carboxylic acid groups (broad SMARTS) is 1. The normalized spacial score (nSPS) is 15.1. The molecule has 5 rings (SSSR count). The second-order valence-corrected chi connectivity index (χ2v) is 9.89. The van der Waals surface area contributed by atoms with Crippen LogP contribution in [-0.2, 0) is 27.3 Å². The van der Waals surface area contributed by atoms with E-state index in [1.54, 1.807) is 5.38 Å². The van der Waals surface area contributed by atoms with Gasteiger partial charge in [-0.25, -0.2) is 9.78 Å². The fourth-order valence-corrected chi connectivity index (χ4v) is 5.15. The predicted octanol–water partition coefficient (Wildman–Crippen LogP) is 3.71. The van der Waals surface area contributed by atoms with Gasteiger partial charge in [0.1, 0.15) is 11.6 Å². The second-order valence-electron chi connectivity index (χ2n) is 8.95. The van der Waals surface area contributed by atoms with Crippen molar-refractivity contribution in [1.29, 1.82) is 0 Å². The Kier molecular flexibility index (Phi) is 6.25. The number of alkyl carbamates (subject to hydrolysis) is 1. The van der Waals surface area contributed by atoms with Gasteiger partial charge in [0.2, 0.25) is 5.91 Å². The molecule has 1 aromatic heterocycles. The van der Waals surface area contributed by atoms with Crippen molar-refractivity contribution in [3.63, 3.8) is 0 Å². The van der Waals surface area contributed by atoms with Gasteiger partial charge in [-0.15, -0.1) is 11.3 Å². The Balaban J connectivity index is 1.09. The molecule has 2 aliphatic carbocycles. The first kappa shape index (κ1) is 23.0. The highest BCUT2D eigenvalue weighted by molar-refractivity contribution is 7.09. The maximum atomic E-state index is 12.4. The predicted molar refractivity (Wildman–Crippen MR) is 130 cm³/mol. The van der Waals surface area contributed by atoms with Crippen molar-refractivity contribution in [2.45, 2.75) is 31.7 Å². The minimum Gasteiger partial charge on any atom is -0.481 e. The van der Waals surface area contributed by atoms with E-state index in [1.165, 1.54) is 22.5 Å². The molecule has 0 bridgehead atoms. The number of benzene rings is 2. The van der Waals surface area contributed by atoms with Crippen molar-refractivity contribution >= 4 is 29.3 Å². The van der Waals surface area contributed by atoms with Gasteiger partial charge in [0.05, 0.1) is 24.1 Å². The third-order valence-electron chi connectivity index (χ3n) is 6.60. The first-order valence-corrected chi connectivity index (χ1v) is 12.4. The van der Waals surface area contributed by atoms with Gasteiger partial charge in [0, 0.05) is 17.8 Å². The van der Waals surface area contributed by atoms with Gasteiger partial charge in [-0.05, 0) is 35.1 Å². The number of carbonyl (C=O) groups excluding carboxylic acids is 2. The summed E-state index contributed by atoms with van der Waals surface area (Å²) in [7, 11) is 0. The number of ether oxygens (including phenoxy) is 1. The average molecular weight is 492 g/mol. The number of amides is 2. The Bertz CT molecular complexity index is 1240. The smallest absolute Gasteiger partial charge is 0.407 e.